The Labute approximate surface area is 168 Å². The number of hydrogen-bond acceptors (Lipinski definition) is 3. The van der Waals surface area contributed by atoms with Crippen molar-refractivity contribution in [3.05, 3.63) is 78.9 Å². The van der Waals surface area contributed by atoms with Gasteiger partial charge in [0.05, 0.1) is 10.6 Å². The molecule has 1 heterocycles. The van der Waals surface area contributed by atoms with Gasteiger partial charge in [-0.3, -0.25) is 9.10 Å². The summed E-state index contributed by atoms with van der Waals surface area (Å²) < 4.78 is 27.6. The molecule has 0 fully saturated rings. The van der Waals surface area contributed by atoms with Crippen LogP contribution in [0.15, 0.2) is 83.8 Å². The molecule has 5 nitrogen and oxygen atoms in total. The fourth-order valence-electron chi connectivity index (χ4n) is 3.96. The van der Waals surface area contributed by atoms with Gasteiger partial charge in [0, 0.05) is 11.1 Å². The molecule has 29 heavy (non-hydrogen) atoms. The van der Waals surface area contributed by atoms with E-state index in [0.29, 0.717) is 16.8 Å². The van der Waals surface area contributed by atoms with Gasteiger partial charge in [0.25, 0.3) is 10.0 Å². The highest BCUT2D eigenvalue weighted by molar-refractivity contribution is 7.93. The van der Waals surface area contributed by atoms with Gasteiger partial charge in [0.1, 0.15) is 6.04 Å². The summed E-state index contributed by atoms with van der Waals surface area (Å²) in [6.07, 6.45) is 0. The average molecular weight is 402 g/mol. The molecule has 0 spiro atoms. The largest absolute Gasteiger partial charge is 0.324 e. The van der Waals surface area contributed by atoms with Gasteiger partial charge in [-0.25, -0.2) is 8.42 Å². The van der Waals surface area contributed by atoms with Gasteiger partial charge < -0.3 is 5.32 Å². The lowest BCUT2D eigenvalue weighted by Crippen LogP contribution is -2.43. The number of carbonyl (C=O) groups excluding carboxylic acids is 1. The molecule has 4 aromatic rings. The van der Waals surface area contributed by atoms with Crippen LogP contribution in [-0.2, 0) is 14.8 Å². The molecule has 0 saturated carbocycles. The Bertz CT molecular complexity index is 1390. The van der Waals surface area contributed by atoms with Crippen molar-refractivity contribution in [1.29, 1.82) is 0 Å². The molecule has 1 N–H and O–H groups in total. The fraction of sp³-hybridized carbons (Fsp3) is 0.0870. The topological polar surface area (TPSA) is 66.5 Å². The van der Waals surface area contributed by atoms with Crippen LogP contribution in [0.5, 0.6) is 0 Å². The molecule has 0 radical (unpaired) electrons. The van der Waals surface area contributed by atoms with Gasteiger partial charge in [-0.15, -0.1) is 0 Å². The van der Waals surface area contributed by atoms with Gasteiger partial charge >= 0.3 is 0 Å². The van der Waals surface area contributed by atoms with Crippen LogP contribution in [0.1, 0.15) is 6.92 Å². The highest BCUT2D eigenvalue weighted by Crippen LogP contribution is 2.43. The number of anilines is 2. The summed E-state index contributed by atoms with van der Waals surface area (Å²) in [6.45, 7) is 1.61. The number of rotatable bonds is 3. The SMILES string of the molecule is C[C@@H](C(=O)Nc1ccc2ccccc2c1)N1c2cccc3cccc(c23)S1(=O)=O. The van der Waals surface area contributed by atoms with E-state index in [1.807, 2.05) is 60.7 Å². The van der Waals surface area contributed by atoms with Gasteiger partial charge in [0.15, 0.2) is 0 Å². The molecule has 0 aliphatic carbocycles. The second-order valence-electron chi connectivity index (χ2n) is 7.16. The normalized spacial score (nSPS) is 15.6. The zero-order valence-electron chi connectivity index (χ0n) is 15.7. The van der Waals surface area contributed by atoms with Gasteiger partial charge in [-0.1, -0.05) is 54.6 Å². The summed E-state index contributed by atoms with van der Waals surface area (Å²) >= 11 is 0. The van der Waals surface area contributed by atoms with Gasteiger partial charge in [0.2, 0.25) is 5.91 Å². The summed E-state index contributed by atoms with van der Waals surface area (Å²) in [7, 11) is -3.80. The number of nitrogens with one attached hydrogen (secondary N) is 1. The van der Waals surface area contributed by atoms with Crippen LogP contribution >= 0.6 is 0 Å². The minimum Gasteiger partial charge on any atom is -0.324 e. The van der Waals surface area contributed by atoms with Crippen molar-refractivity contribution in [1.82, 2.24) is 0 Å². The molecule has 0 bridgehead atoms. The minimum absolute atomic E-state index is 0.246. The number of benzene rings is 4. The van der Waals surface area contributed by atoms with E-state index in [0.717, 1.165) is 16.2 Å². The predicted molar refractivity (Wildman–Crippen MR) is 116 cm³/mol. The van der Waals surface area contributed by atoms with E-state index in [4.69, 9.17) is 0 Å². The zero-order valence-corrected chi connectivity index (χ0v) is 16.5. The minimum atomic E-state index is -3.80. The van der Waals surface area contributed by atoms with E-state index in [9.17, 15) is 13.2 Å². The highest BCUT2D eigenvalue weighted by atomic mass is 32.2. The molecule has 1 amide bonds. The maximum atomic E-state index is 13.2. The molecule has 1 atom stereocenters. The number of fused-ring (bicyclic) bond motifs is 1. The summed E-state index contributed by atoms with van der Waals surface area (Å²) in [5.41, 5.74) is 1.17. The highest BCUT2D eigenvalue weighted by Gasteiger charge is 2.40. The van der Waals surface area contributed by atoms with Crippen molar-refractivity contribution in [2.45, 2.75) is 17.9 Å². The van der Waals surface area contributed by atoms with Crippen molar-refractivity contribution in [3.63, 3.8) is 0 Å². The van der Waals surface area contributed by atoms with Gasteiger partial charge in [-0.05, 0) is 47.3 Å². The summed E-state index contributed by atoms with van der Waals surface area (Å²) in [4.78, 5) is 13.2. The maximum Gasteiger partial charge on any atom is 0.265 e. The summed E-state index contributed by atoms with van der Waals surface area (Å²) in [5, 5.41) is 6.45. The smallest absolute Gasteiger partial charge is 0.265 e. The molecule has 5 rings (SSSR count). The number of hydrogen-bond donors (Lipinski definition) is 1. The van der Waals surface area contributed by atoms with Crippen LogP contribution in [0.3, 0.4) is 0 Å². The molecule has 6 heteroatoms. The lowest BCUT2D eigenvalue weighted by molar-refractivity contribution is -0.116. The first-order chi connectivity index (χ1) is 14.0. The molecular weight excluding hydrogens is 384 g/mol. The molecule has 1 aliphatic heterocycles. The first-order valence-corrected chi connectivity index (χ1v) is 10.8. The summed E-state index contributed by atoms with van der Waals surface area (Å²) in [6, 6.07) is 23.2. The van der Waals surface area contributed by atoms with E-state index >= 15 is 0 Å². The Hall–Kier alpha value is -3.38. The second-order valence-corrected chi connectivity index (χ2v) is 8.94. The number of amides is 1. The number of carbonyl (C=O) groups is 1. The third kappa shape index (κ3) is 2.68. The van der Waals surface area contributed by atoms with E-state index in [2.05, 4.69) is 5.32 Å². The van der Waals surface area contributed by atoms with E-state index in [1.165, 1.54) is 4.31 Å². The van der Waals surface area contributed by atoms with Crippen molar-refractivity contribution in [2.24, 2.45) is 0 Å². The Kier molecular flexibility index (Phi) is 3.86. The van der Waals surface area contributed by atoms with Crippen LogP contribution in [0.2, 0.25) is 0 Å². The first kappa shape index (κ1) is 17.7. The third-order valence-corrected chi connectivity index (χ3v) is 7.29. The van der Waals surface area contributed by atoms with Crippen molar-refractivity contribution < 1.29 is 13.2 Å². The van der Waals surface area contributed by atoms with E-state index in [1.54, 1.807) is 25.1 Å². The number of sulfonamides is 1. The van der Waals surface area contributed by atoms with Crippen molar-refractivity contribution in [2.75, 3.05) is 9.62 Å². The van der Waals surface area contributed by atoms with Crippen molar-refractivity contribution in [3.8, 4) is 0 Å². The Balaban J connectivity index is 1.51. The second kappa shape index (κ2) is 6.32. The Morgan fingerprint density at radius 2 is 1.55 bits per heavy atom. The molecule has 0 aromatic heterocycles. The summed E-state index contributed by atoms with van der Waals surface area (Å²) in [5.74, 6) is -0.381. The van der Waals surface area contributed by atoms with E-state index in [-0.39, 0.29) is 10.8 Å². The Morgan fingerprint density at radius 1 is 0.862 bits per heavy atom. The third-order valence-electron chi connectivity index (χ3n) is 5.37. The maximum absolute atomic E-state index is 13.2. The lowest BCUT2D eigenvalue weighted by Gasteiger charge is -2.25. The molecular formula is C23H18N2O3S. The van der Waals surface area contributed by atoms with Gasteiger partial charge in [-0.2, -0.15) is 0 Å². The molecule has 1 aliphatic rings. The lowest BCUT2D eigenvalue weighted by atomic mass is 10.1. The first-order valence-electron chi connectivity index (χ1n) is 9.33. The van der Waals surface area contributed by atoms with Crippen LogP contribution in [0, 0.1) is 0 Å². The molecule has 4 aromatic carbocycles. The molecule has 144 valence electrons. The zero-order chi connectivity index (χ0) is 20.2. The van der Waals surface area contributed by atoms with E-state index < -0.39 is 16.1 Å². The van der Waals surface area contributed by atoms with Crippen molar-refractivity contribution >= 4 is 48.9 Å². The van der Waals surface area contributed by atoms with Crippen LogP contribution in [0.4, 0.5) is 11.4 Å². The fourth-order valence-corrected chi connectivity index (χ4v) is 5.82. The standard InChI is InChI=1S/C23H18N2O3S/c1-15(23(26)24-19-13-12-16-6-2-3-7-18(16)14-19)25-20-10-4-8-17-9-5-11-21(22(17)20)29(25,27)28/h2-15H,1H3,(H,24,26)/t15-/m0/s1. The number of nitrogens with zero attached hydrogens (tertiary/aromatic N) is 1. The molecule has 0 unspecified atom stereocenters. The van der Waals surface area contributed by atoms with Crippen LogP contribution in [0.25, 0.3) is 21.5 Å². The predicted octanol–water partition coefficient (Wildman–Crippen LogP) is 4.53. The molecule has 0 saturated heterocycles. The average Bonchev–Trinajstić information content (AvgIpc) is 2.96. The van der Waals surface area contributed by atoms with Crippen LogP contribution < -0.4 is 9.62 Å². The van der Waals surface area contributed by atoms with Crippen LogP contribution in [-0.4, -0.2) is 20.4 Å². The quantitative estimate of drug-likeness (QED) is 0.548. The Morgan fingerprint density at radius 3 is 2.34 bits per heavy atom. The monoisotopic (exact) mass is 402 g/mol.